The van der Waals surface area contributed by atoms with Crippen molar-refractivity contribution in [1.82, 2.24) is 0 Å². The van der Waals surface area contributed by atoms with Gasteiger partial charge in [0.1, 0.15) is 6.54 Å². The zero-order valence-electron chi connectivity index (χ0n) is 14.1. The molecule has 23 heavy (non-hydrogen) atoms. The van der Waals surface area contributed by atoms with Crippen molar-refractivity contribution in [2.24, 2.45) is 17.8 Å². The Labute approximate surface area is 143 Å². The summed E-state index contributed by atoms with van der Waals surface area (Å²) in [6, 6.07) is 4.10. The molecule has 126 valence electrons. The number of halogens is 1. The van der Waals surface area contributed by atoms with Crippen LogP contribution < -0.4 is 14.8 Å². The van der Waals surface area contributed by atoms with Crippen molar-refractivity contribution in [2.45, 2.75) is 50.6 Å². The van der Waals surface area contributed by atoms with Crippen LogP contribution in [0.25, 0.3) is 0 Å². The summed E-state index contributed by atoms with van der Waals surface area (Å²) in [4.78, 5) is 0. The van der Waals surface area contributed by atoms with Gasteiger partial charge in [0.25, 0.3) is 0 Å². The molecule has 4 saturated carbocycles. The van der Waals surface area contributed by atoms with E-state index < -0.39 is 0 Å². The van der Waals surface area contributed by atoms with Crippen LogP contribution >= 0.6 is 11.6 Å². The number of methoxy groups -OCH3 is 2. The fourth-order valence-electron chi connectivity index (χ4n) is 5.85. The van der Waals surface area contributed by atoms with Gasteiger partial charge in [-0.25, -0.2) is 0 Å². The lowest BCUT2D eigenvalue weighted by Gasteiger charge is -2.54. The van der Waals surface area contributed by atoms with E-state index in [-0.39, 0.29) is 0 Å². The molecule has 5 rings (SSSR count). The number of rotatable bonds is 5. The van der Waals surface area contributed by atoms with Gasteiger partial charge in [0.2, 0.25) is 0 Å². The van der Waals surface area contributed by atoms with Crippen LogP contribution in [0.5, 0.6) is 11.5 Å². The second-order valence-electron chi connectivity index (χ2n) is 8.00. The zero-order chi connectivity index (χ0) is 16.0. The molecule has 1 aromatic carbocycles. The molecule has 0 heterocycles. The molecule has 0 aliphatic heterocycles. The van der Waals surface area contributed by atoms with Crippen molar-refractivity contribution < 1.29 is 14.8 Å². The number of ether oxygens (including phenoxy) is 2. The Bertz CT molecular complexity index is 566. The topological polar surface area (TPSA) is 35.1 Å². The van der Waals surface area contributed by atoms with E-state index in [0.717, 1.165) is 30.0 Å². The van der Waals surface area contributed by atoms with Crippen LogP contribution in [0.15, 0.2) is 12.1 Å². The normalized spacial score (nSPS) is 34.7. The molecule has 0 spiro atoms. The quantitative estimate of drug-likeness (QED) is 0.894. The molecule has 0 unspecified atom stereocenters. The monoisotopic (exact) mass is 336 g/mol. The number of nitrogens with two attached hydrogens (primary N) is 1. The lowest BCUT2D eigenvalue weighted by Crippen LogP contribution is -2.97. The van der Waals surface area contributed by atoms with Gasteiger partial charge in [-0.1, -0.05) is 11.6 Å². The number of quaternary nitrogens is 1. The first-order valence-corrected chi connectivity index (χ1v) is 9.23. The molecule has 0 atom stereocenters. The highest BCUT2D eigenvalue weighted by Crippen LogP contribution is 2.54. The predicted octanol–water partition coefficient (Wildman–Crippen LogP) is 3.39. The predicted molar refractivity (Wildman–Crippen MR) is 91.1 cm³/mol. The highest BCUT2D eigenvalue weighted by molar-refractivity contribution is 6.32. The highest BCUT2D eigenvalue weighted by Gasteiger charge is 2.53. The van der Waals surface area contributed by atoms with Crippen molar-refractivity contribution in [3.05, 3.63) is 22.7 Å². The summed E-state index contributed by atoms with van der Waals surface area (Å²) in [5.41, 5.74) is 1.72. The van der Waals surface area contributed by atoms with Gasteiger partial charge in [0.15, 0.2) is 11.5 Å². The summed E-state index contributed by atoms with van der Waals surface area (Å²) in [7, 11) is 3.30. The van der Waals surface area contributed by atoms with Gasteiger partial charge >= 0.3 is 0 Å². The van der Waals surface area contributed by atoms with Crippen molar-refractivity contribution in [3.63, 3.8) is 0 Å². The molecule has 4 aliphatic rings. The molecular weight excluding hydrogens is 310 g/mol. The highest BCUT2D eigenvalue weighted by atomic mass is 35.5. The Balaban J connectivity index is 1.50. The van der Waals surface area contributed by atoms with Crippen LogP contribution in [0.3, 0.4) is 0 Å². The second-order valence-corrected chi connectivity index (χ2v) is 8.41. The van der Waals surface area contributed by atoms with E-state index in [9.17, 15) is 0 Å². The van der Waals surface area contributed by atoms with Gasteiger partial charge in [0, 0.05) is 24.8 Å². The summed E-state index contributed by atoms with van der Waals surface area (Å²) >= 11 is 6.35. The number of benzene rings is 1. The molecule has 4 heteroatoms. The van der Waals surface area contributed by atoms with E-state index in [1.54, 1.807) is 14.2 Å². The molecule has 2 N–H and O–H groups in total. The van der Waals surface area contributed by atoms with E-state index in [1.165, 1.54) is 44.1 Å². The second kappa shape index (κ2) is 5.86. The van der Waals surface area contributed by atoms with Gasteiger partial charge in [0.05, 0.1) is 24.8 Å². The van der Waals surface area contributed by atoms with Crippen molar-refractivity contribution >= 4 is 11.6 Å². The minimum atomic E-state index is 0.494. The van der Waals surface area contributed by atoms with Crippen LogP contribution in [0.2, 0.25) is 5.02 Å². The fraction of sp³-hybridized carbons (Fsp3) is 0.684. The molecule has 3 nitrogen and oxygen atoms in total. The van der Waals surface area contributed by atoms with E-state index in [2.05, 4.69) is 11.4 Å². The first-order valence-electron chi connectivity index (χ1n) is 8.85. The maximum atomic E-state index is 6.35. The lowest BCUT2D eigenvalue weighted by molar-refractivity contribution is -0.752. The third-order valence-corrected chi connectivity index (χ3v) is 6.63. The summed E-state index contributed by atoms with van der Waals surface area (Å²) in [6.07, 6.45) is 8.74. The van der Waals surface area contributed by atoms with Crippen LogP contribution in [0, 0.1) is 17.8 Å². The third-order valence-electron chi connectivity index (χ3n) is 6.35. The Morgan fingerprint density at radius 1 is 1.04 bits per heavy atom. The summed E-state index contributed by atoms with van der Waals surface area (Å²) in [5.74, 6) is 4.34. The van der Waals surface area contributed by atoms with Gasteiger partial charge in [-0.3, -0.25) is 0 Å². The minimum absolute atomic E-state index is 0.494. The van der Waals surface area contributed by atoms with Crippen molar-refractivity contribution in [3.8, 4) is 11.5 Å². The smallest absolute Gasteiger partial charge is 0.179 e. The first kappa shape index (κ1) is 15.6. The van der Waals surface area contributed by atoms with Gasteiger partial charge in [-0.2, -0.15) is 0 Å². The Hall–Kier alpha value is -0.930. The van der Waals surface area contributed by atoms with Crippen LogP contribution in [-0.4, -0.2) is 19.8 Å². The van der Waals surface area contributed by atoms with Gasteiger partial charge in [-0.15, -0.1) is 0 Å². The van der Waals surface area contributed by atoms with Crippen molar-refractivity contribution in [2.75, 3.05) is 14.2 Å². The number of hydrogen-bond acceptors (Lipinski definition) is 2. The van der Waals surface area contributed by atoms with Crippen LogP contribution in [0.1, 0.15) is 44.1 Å². The Kier molecular flexibility index (Phi) is 3.97. The van der Waals surface area contributed by atoms with Gasteiger partial charge < -0.3 is 14.8 Å². The first-order chi connectivity index (χ1) is 11.1. The van der Waals surface area contributed by atoms with E-state index >= 15 is 0 Å². The molecule has 4 aliphatic carbocycles. The molecule has 4 bridgehead atoms. The standard InChI is InChI=1S/C19H26ClNO2/c1-22-17-7-15(6-16(20)18(17)23-2)11-21-19-8-12-3-13(9-19)5-14(4-12)10-19/h6-7,12-14,21H,3-5,8-11H2,1-2H3/p+1. The zero-order valence-corrected chi connectivity index (χ0v) is 14.9. The third kappa shape index (κ3) is 2.83. The average Bonchev–Trinajstić information content (AvgIpc) is 2.51. The maximum Gasteiger partial charge on any atom is 0.179 e. The van der Waals surface area contributed by atoms with E-state index in [4.69, 9.17) is 21.1 Å². The minimum Gasteiger partial charge on any atom is -0.493 e. The average molecular weight is 337 g/mol. The molecule has 1 aromatic rings. The Morgan fingerprint density at radius 2 is 1.65 bits per heavy atom. The maximum absolute atomic E-state index is 6.35. The molecule has 0 radical (unpaired) electrons. The SMILES string of the molecule is COc1cc(C[NH2+]C23CC4CC(CC(C4)C2)C3)cc(Cl)c1OC. The van der Waals surface area contributed by atoms with Crippen LogP contribution in [0.4, 0.5) is 0 Å². The molecule has 0 amide bonds. The summed E-state index contributed by atoms with van der Waals surface area (Å²) in [5, 5.41) is 3.25. The molecule has 0 saturated heterocycles. The van der Waals surface area contributed by atoms with Crippen LogP contribution in [-0.2, 0) is 6.54 Å². The molecular formula is C19H27ClNO2+. The summed E-state index contributed by atoms with van der Waals surface area (Å²) < 4.78 is 10.8. The van der Waals surface area contributed by atoms with Crippen molar-refractivity contribution in [1.29, 1.82) is 0 Å². The largest absolute Gasteiger partial charge is 0.493 e. The van der Waals surface area contributed by atoms with E-state index in [1.807, 2.05) is 6.07 Å². The Morgan fingerprint density at radius 3 is 2.17 bits per heavy atom. The lowest BCUT2D eigenvalue weighted by atomic mass is 9.53. The fourth-order valence-corrected chi connectivity index (χ4v) is 6.16. The van der Waals surface area contributed by atoms with E-state index in [0.29, 0.717) is 16.3 Å². The van der Waals surface area contributed by atoms with Gasteiger partial charge in [-0.05, 0) is 49.1 Å². The molecule has 4 fully saturated rings. The summed E-state index contributed by atoms with van der Waals surface area (Å²) in [6.45, 7) is 0.978. The molecule has 0 aromatic heterocycles. The number of hydrogen-bond donors (Lipinski definition) is 1.